The van der Waals surface area contributed by atoms with Gasteiger partial charge in [0.15, 0.2) is 0 Å². The number of aryl methyl sites for hydroxylation is 1. The van der Waals surface area contributed by atoms with Gasteiger partial charge in [0.05, 0.1) is 0 Å². The number of pyridine rings is 1. The first kappa shape index (κ1) is 13.5. The third-order valence-electron chi connectivity index (χ3n) is 3.38. The van der Waals surface area contributed by atoms with Crippen LogP contribution in [-0.2, 0) is 6.42 Å². The maximum Gasteiger partial charge on any atom is 0.0349 e. The molecule has 1 unspecified atom stereocenters. The molecule has 0 saturated carbocycles. The highest BCUT2D eigenvalue weighted by Gasteiger charge is 2.21. The van der Waals surface area contributed by atoms with Gasteiger partial charge in [0.25, 0.3) is 0 Å². The topological polar surface area (TPSA) is 12.9 Å². The molecule has 0 bridgehead atoms. The first-order valence-electron chi connectivity index (χ1n) is 6.44. The Kier molecular flexibility index (Phi) is 4.06. The first-order chi connectivity index (χ1) is 8.48. The molecule has 1 heterocycles. The van der Waals surface area contributed by atoms with Gasteiger partial charge in [-0.2, -0.15) is 0 Å². The van der Waals surface area contributed by atoms with Crippen molar-refractivity contribution in [3.63, 3.8) is 0 Å². The highest BCUT2D eigenvalue weighted by atomic mass is 79.9. The zero-order valence-electron chi connectivity index (χ0n) is 11.3. The quantitative estimate of drug-likeness (QED) is 0.729. The lowest BCUT2D eigenvalue weighted by Crippen LogP contribution is -2.20. The molecule has 0 radical (unpaired) electrons. The van der Waals surface area contributed by atoms with E-state index in [1.807, 2.05) is 12.4 Å². The molecule has 1 aromatic carbocycles. The Morgan fingerprint density at radius 1 is 1.22 bits per heavy atom. The minimum atomic E-state index is 0.308. The fourth-order valence-electron chi connectivity index (χ4n) is 2.11. The van der Waals surface area contributed by atoms with Gasteiger partial charge >= 0.3 is 0 Å². The number of benzene rings is 1. The summed E-state index contributed by atoms with van der Waals surface area (Å²) in [5.74, 6) is 0. The predicted molar refractivity (Wildman–Crippen MR) is 82.2 cm³/mol. The highest BCUT2D eigenvalue weighted by molar-refractivity contribution is 9.09. The summed E-state index contributed by atoms with van der Waals surface area (Å²) in [5, 5.41) is 2.57. The maximum atomic E-state index is 4.24. The summed E-state index contributed by atoms with van der Waals surface area (Å²) >= 11 is 3.80. The van der Waals surface area contributed by atoms with Crippen LogP contribution >= 0.6 is 15.9 Å². The van der Waals surface area contributed by atoms with Crippen molar-refractivity contribution in [1.82, 2.24) is 4.98 Å². The predicted octanol–water partition coefficient (Wildman–Crippen LogP) is 4.98. The molecule has 0 spiro atoms. The van der Waals surface area contributed by atoms with E-state index in [0.29, 0.717) is 10.2 Å². The molecule has 96 valence electrons. The summed E-state index contributed by atoms with van der Waals surface area (Å²) in [6.07, 6.45) is 6.08. The second-order valence-electron chi connectivity index (χ2n) is 5.89. The fraction of sp³-hybridized carbons (Fsp3) is 0.438. The molecule has 1 nitrogen and oxygen atoms in total. The average Bonchev–Trinajstić information content (AvgIpc) is 2.34. The molecule has 0 aliphatic rings. The van der Waals surface area contributed by atoms with Crippen LogP contribution in [0.15, 0.2) is 36.7 Å². The molecule has 2 heteroatoms. The molecule has 18 heavy (non-hydrogen) atoms. The van der Waals surface area contributed by atoms with Crippen molar-refractivity contribution in [2.45, 2.75) is 38.4 Å². The Morgan fingerprint density at radius 3 is 2.72 bits per heavy atom. The van der Waals surface area contributed by atoms with E-state index in [1.165, 1.54) is 16.3 Å². The van der Waals surface area contributed by atoms with Crippen LogP contribution in [0, 0.1) is 5.41 Å². The molecule has 2 rings (SSSR count). The normalized spacial score (nSPS) is 13.8. The Labute approximate surface area is 118 Å². The Morgan fingerprint density at radius 2 is 2.00 bits per heavy atom. The lowest BCUT2D eigenvalue weighted by atomic mass is 9.88. The summed E-state index contributed by atoms with van der Waals surface area (Å²) < 4.78 is 0. The second-order valence-corrected chi connectivity index (χ2v) is 6.99. The van der Waals surface area contributed by atoms with E-state index in [9.17, 15) is 0 Å². The monoisotopic (exact) mass is 305 g/mol. The van der Waals surface area contributed by atoms with Crippen LogP contribution in [-0.4, -0.2) is 9.81 Å². The Balaban J connectivity index is 2.18. The average molecular weight is 306 g/mol. The van der Waals surface area contributed by atoms with E-state index in [4.69, 9.17) is 0 Å². The molecule has 1 aromatic heterocycles. The number of alkyl halides is 1. The van der Waals surface area contributed by atoms with E-state index in [-0.39, 0.29) is 0 Å². The molecule has 0 aliphatic heterocycles. The Hall–Kier alpha value is -0.890. The van der Waals surface area contributed by atoms with Gasteiger partial charge in [0, 0.05) is 22.6 Å². The summed E-state index contributed by atoms with van der Waals surface area (Å²) in [4.78, 5) is 4.78. The van der Waals surface area contributed by atoms with Gasteiger partial charge in [-0.1, -0.05) is 54.9 Å². The minimum absolute atomic E-state index is 0.308. The van der Waals surface area contributed by atoms with Crippen molar-refractivity contribution in [1.29, 1.82) is 0 Å². The smallest absolute Gasteiger partial charge is 0.0349 e. The van der Waals surface area contributed by atoms with E-state index < -0.39 is 0 Å². The number of aromatic nitrogens is 1. The number of halogens is 1. The number of nitrogens with zero attached hydrogens (tertiary/aromatic N) is 1. The first-order valence-corrected chi connectivity index (χ1v) is 7.36. The van der Waals surface area contributed by atoms with Gasteiger partial charge < -0.3 is 0 Å². The zero-order valence-corrected chi connectivity index (χ0v) is 12.9. The fourth-order valence-corrected chi connectivity index (χ4v) is 2.34. The number of hydrogen-bond acceptors (Lipinski definition) is 1. The van der Waals surface area contributed by atoms with Crippen LogP contribution in [0.25, 0.3) is 10.8 Å². The van der Waals surface area contributed by atoms with Gasteiger partial charge in [-0.05, 0) is 35.3 Å². The van der Waals surface area contributed by atoms with Gasteiger partial charge in [0.1, 0.15) is 0 Å². The molecular weight excluding hydrogens is 286 g/mol. The largest absolute Gasteiger partial charge is 0.264 e. The molecule has 0 saturated heterocycles. The van der Waals surface area contributed by atoms with E-state index in [1.54, 1.807) is 0 Å². The molecule has 0 aliphatic carbocycles. The van der Waals surface area contributed by atoms with Gasteiger partial charge in [0.2, 0.25) is 0 Å². The van der Waals surface area contributed by atoms with Crippen molar-refractivity contribution in [3.05, 3.63) is 42.2 Å². The standard InChI is InChI=1S/C16H20BrN/c1-16(2,3)15(17)8-7-12-5-4-6-13-9-10-18-11-14(12)13/h4-6,9-11,15H,7-8H2,1-3H3. The lowest BCUT2D eigenvalue weighted by molar-refractivity contribution is 0.386. The third kappa shape index (κ3) is 3.11. The minimum Gasteiger partial charge on any atom is -0.264 e. The number of rotatable bonds is 3. The molecular formula is C16H20BrN. The van der Waals surface area contributed by atoms with Crippen LogP contribution in [0.4, 0.5) is 0 Å². The third-order valence-corrected chi connectivity index (χ3v) is 5.21. The van der Waals surface area contributed by atoms with Gasteiger partial charge in [-0.15, -0.1) is 0 Å². The summed E-state index contributed by atoms with van der Waals surface area (Å²) in [6.45, 7) is 6.82. The maximum absolute atomic E-state index is 4.24. The Bertz CT molecular complexity index is 523. The van der Waals surface area contributed by atoms with Crippen molar-refractivity contribution in [2.75, 3.05) is 0 Å². The van der Waals surface area contributed by atoms with Gasteiger partial charge in [-0.25, -0.2) is 0 Å². The van der Waals surface area contributed by atoms with Crippen LogP contribution in [0.2, 0.25) is 0 Å². The van der Waals surface area contributed by atoms with Crippen molar-refractivity contribution < 1.29 is 0 Å². The summed E-state index contributed by atoms with van der Waals surface area (Å²) in [6, 6.07) is 8.58. The zero-order chi connectivity index (χ0) is 13.2. The number of hydrogen-bond donors (Lipinski definition) is 0. The molecule has 0 fully saturated rings. The lowest BCUT2D eigenvalue weighted by Gasteiger charge is -2.25. The molecule has 0 N–H and O–H groups in total. The van der Waals surface area contributed by atoms with E-state index in [0.717, 1.165) is 12.8 Å². The molecule has 1 atom stereocenters. The van der Waals surface area contributed by atoms with Crippen LogP contribution < -0.4 is 0 Å². The van der Waals surface area contributed by atoms with Gasteiger partial charge in [-0.3, -0.25) is 4.98 Å². The summed E-state index contributed by atoms with van der Waals surface area (Å²) in [5.41, 5.74) is 1.71. The van der Waals surface area contributed by atoms with E-state index >= 15 is 0 Å². The number of fused-ring (bicyclic) bond motifs is 1. The van der Waals surface area contributed by atoms with Crippen LogP contribution in [0.3, 0.4) is 0 Å². The van der Waals surface area contributed by atoms with Crippen LogP contribution in [0.1, 0.15) is 32.8 Å². The molecule has 0 amide bonds. The molecule has 2 aromatic rings. The van der Waals surface area contributed by atoms with E-state index in [2.05, 4.69) is 66.0 Å². The van der Waals surface area contributed by atoms with Crippen LogP contribution in [0.5, 0.6) is 0 Å². The summed E-state index contributed by atoms with van der Waals surface area (Å²) in [7, 11) is 0. The van der Waals surface area contributed by atoms with Crippen molar-refractivity contribution in [3.8, 4) is 0 Å². The second kappa shape index (κ2) is 5.40. The highest BCUT2D eigenvalue weighted by Crippen LogP contribution is 2.30. The van der Waals surface area contributed by atoms with Crippen molar-refractivity contribution in [2.24, 2.45) is 5.41 Å². The SMILES string of the molecule is CC(C)(C)C(Br)CCc1cccc2ccncc12. The van der Waals surface area contributed by atoms with Crippen molar-refractivity contribution >= 4 is 26.7 Å².